The molecule has 0 radical (unpaired) electrons. The lowest BCUT2D eigenvalue weighted by atomic mass is 10.0. The predicted molar refractivity (Wildman–Crippen MR) is 78.9 cm³/mol. The molecule has 0 amide bonds. The summed E-state index contributed by atoms with van der Waals surface area (Å²) >= 11 is 1.80. The van der Waals surface area contributed by atoms with Gasteiger partial charge in [0.2, 0.25) is 0 Å². The van der Waals surface area contributed by atoms with E-state index >= 15 is 0 Å². The van der Waals surface area contributed by atoms with Crippen molar-refractivity contribution in [3.8, 4) is 0 Å². The lowest BCUT2D eigenvalue weighted by molar-refractivity contribution is 0.480. The smallest absolute Gasteiger partial charge is 0.0105 e. The van der Waals surface area contributed by atoms with E-state index in [4.69, 9.17) is 0 Å². The summed E-state index contributed by atoms with van der Waals surface area (Å²) in [5.74, 6) is 0. The fraction of sp³-hybridized carbons (Fsp3) is 0.733. The van der Waals surface area contributed by atoms with Crippen LogP contribution < -0.4 is 5.32 Å². The monoisotopic (exact) mass is 253 g/mol. The van der Waals surface area contributed by atoms with Crippen LogP contribution >= 0.6 is 11.3 Å². The number of thiophene rings is 1. The van der Waals surface area contributed by atoms with Crippen LogP contribution in [0.5, 0.6) is 0 Å². The summed E-state index contributed by atoms with van der Waals surface area (Å²) in [5.41, 5.74) is 1.49. The molecule has 1 nitrogen and oxygen atoms in total. The highest BCUT2D eigenvalue weighted by Gasteiger charge is 2.06. The van der Waals surface area contributed by atoms with Crippen molar-refractivity contribution in [1.29, 1.82) is 0 Å². The zero-order valence-corrected chi connectivity index (χ0v) is 12.2. The van der Waals surface area contributed by atoms with E-state index in [1.54, 1.807) is 11.3 Å². The van der Waals surface area contributed by atoms with Crippen molar-refractivity contribution < 1.29 is 0 Å². The van der Waals surface area contributed by atoms with Crippen LogP contribution in [0.1, 0.15) is 57.4 Å². The molecule has 98 valence electrons. The first-order valence-corrected chi connectivity index (χ1v) is 7.99. The number of rotatable bonds is 10. The quantitative estimate of drug-likeness (QED) is 0.600. The van der Waals surface area contributed by atoms with Crippen molar-refractivity contribution in [3.63, 3.8) is 0 Å². The fourth-order valence-electron chi connectivity index (χ4n) is 2.21. The minimum atomic E-state index is 0.663. The van der Waals surface area contributed by atoms with Crippen LogP contribution in [-0.2, 0) is 6.42 Å². The van der Waals surface area contributed by atoms with Crippen molar-refractivity contribution >= 4 is 11.3 Å². The van der Waals surface area contributed by atoms with Gasteiger partial charge in [-0.25, -0.2) is 0 Å². The van der Waals surface area contributed by atoms with Crippen molar-refractivity contribution in [2.45, 2.75) is 64.3 Å². The third-order valence-corrected chi connectivity index (χ3v) is 4.11. The Balaban J connectivity index is 2.06. The summed E-state index contributed by atoms with van der Waals surface area (Å²) in [4.78, 5) is 0. The van der Waals surface area contributed by atoms with E-state index in [1.807, 2.05) is 0 Å². The number of nitrogens with one attached hydrogen (secondary N) is 1. The normalized spacial score (nSPS) is 12.8. The zero-order valence-electron chi connectivity index (χ0n) is 11.4. The number of unbranched alkanes of at least 4 members (excludes halogenated alkanes) is 5. The van der Waals surface area contributed by atoms with Gasteiger partial charge >= 0.3 is 0 Å². The molecule has 0 aliphatic heterocycles. The van der Waals surface area contributed by atoms with Crippen LogP contribution in [0.2, 0.25) is 0 Å². The zero-order chi connectivity index (χ0) is 12.3. The average molecular weight is 253 g/mol. The molecular weight excluding hydrogens is 226 g/mol. The Morgan fingerprint density at radius 3 is 2.59 bits per heavy atom. The molecule has 1 N–H and O–H groups in total. The number of hydrogen-bond donors (Lipinski definition) is 1. The summed E-state index contributed by atoms with van der Waals surface area (Å²) in [7, 11) is 2.09. The van der Waals surface area contributed by atoms with Crippen LogP contribution in [0.15, 0.2) is 16.8 Å². The Morgan fingerprint density at radius 2 is 1.94 bits per heavy atom. The molecule has 0 bridgehead atoms. The number of hydrogen-bond acceptors (Lipinski definition) is 2. The first-order valence-electron chi connectivity index (χ1n) is 7.05. The van der Waals surface area contributed by atoms with Gasteiger partial charge in [0, 0.05) is 6.04 Å². The average Bonchev–Trinajstić information content (AvgIpc) is 2.85. The van der Waals surface area contributed by atoms with E-state index in [9.17, 15) is 0 Å². The molecule has 1 atom stereocenters. The first kappa shape index (κ1) is 14.7. The maximum absolute atomic E-state index is 3.45. The van der Waals surface area contributed by atoms with Gasteiger partial charge in [-0.05, 0) is 42.3 Å². The van der Waals surface area contributed by atoms with Gasteiger partial charge in [-0.15, -0.1) is 0 Å². The Hall–Kier alpha value is -0.340. The highest BCUT2D eigenvalue weighted by Crippen LogP contribution is 2.13. The maximum atomic E-state index is 3.45. The summed E-state index contributed by atoms with van der Waals surface area (Å²) in [6, 6.07) is 2.91. The van der Waals surface area contributed by atoms with Crippen molar-refractivity contribution in [2.24, 2.45) is 0 Å². The molecule has 2 heteroatoms. The molecule has 1 rings (SSSR count). The van der Waals surface area contributed by atoms with Gasteiger partial charge in [-0.3, -0.25) is 0 Å². The van der Waals surface area contributed by atoms with E-state index < -0.39 is 0 Å². The molecule has 1 aromatic rings. The molecule has 0 saturated carbocycles. The van der Waals surface area contributed by atoms with Crippen LogP contribution in [-0.4, -0.2) is 13.1 Å². The van der Waals surface area contributed by atoms with E-state index in [0.717, 1.165) is 0 Å². The summed E-state index contributed by atoms with van der Waals surface area (Å²) in [5, 5.41) is 7.89. The summed E-state index contributed by atoms with van der Waals surface area (Å²) in [6.45, 7) is 2.28. The molecule has 1 unspecified atom stereocenters. The molecular formula is C15H27NS. The van der Waals surface area contributed by atoms with Gasteiger partial charge in [0.25, 0.3) is 0 Å². The fourth-order valence-corrected chi connectivity index (χ4v) is 2.89. The minimum absolute atomic E-state index is 0.663. The highest BCUT2D eigenvalue weighted by molar-refractivity contribution is 7.07. The highest BCUT2D eigenvalue weighted by atomic mass is 32.1. The molecule has 17 heavy (non-hydrogen) atoms. The first-order chi connectivity index (χ1) is 8.36. The second kappa shape index (κ2) is 9.67. The summed E-state index contributed by atoms with van der Waals surface area (Å²) in [6.07, 6.45) is 10.9. The van der Waals surface area contributed by atoms with Gasteiger partial charge in [-0.2, -0.15) is 11.3 Å². The van der Waals surface area contributed by atoms with E-state index in [2.05, 4.69) is 36.1 Å². The second-order valence-corrected chi connectivity index (χ2v) is 5.66. The number of likely N-dealkylation sites (N-methyl/N-ethyl adjacent to an activating group) is 1. The van der Waals surface area contributed by atoms with Crippen LogP contribution in [0, 0.1) is 0 Å². The van der Waals surface area contributed by atoms with Gasteiger partial charge in [0.05, 0.1) is 0 Å². The summed E-state index contributed by atoms with van der Waals surface area (Å²) < 4.78 is 0. The largest absolute Gasteiger partial charge is 0.317 e. The molecule has 0 spiro atoms. The van der Waals surface area contributed by atoms with Crippen LogP contribution in [0.3, 0.4) is 0 Å². The van der Waals surface area contributed by atoms with Crippen LogP contribution in [0.25, 0.3) is 0 Å². The lowest BCUT2D eigenvalue weighted by Crippen LogP contribution is -2.27. The minimum Gasteiger partial charge on any atom is -0.317 e. The third-order valence-electron chi connectivity index (χ3n) is 3.38. The Bertz CT molecular complexity index is 256. The van der Waals surface area contributed by atoms with E-state index in [-0.39, 0.29) is 0 Å². The van der Waals surface area contributed by atoms with Gasteiger partial charge in [0.1, 0.15) is 0 Å². The SMILES string of the molecule is CCCCCCCCC(Cc1ccsc1)NC. The standard InChI is InChI=1S/C15H27NS/c1-3-4-5-6-7-8-9-15(16-2)12-14-10-11-17-13-14/h10-11,13,15-16H,3-9,12H2,1-2H3. The van der Waals surface area contributed by atoms with E-state index in [1.165, 1.54) is 56.9 Å². The Labute approximate surface area is 111 Å². The van der Waals surface area contributed by atoms with E-state index in [0.29, 0.717) is 6.04 Å². The van der Waals surface area contributed by atoms with Gasteiger partial charge < -0.3 is 5.32 Å². The predicted octanol–water partition coefficient (Wildman–Crippen LogP) is 4.63. The van der Waals surface area contributed by atoms with Crippen molar-refractivity contribution in [3.05, 3.63) is 22.4 Å². The van der Waals surface area contributed by atoms with Gasteiger partial charge in [0.15, 0.2) is 0 Å². The molecule has 0 fully saturated rings. The third kappa shape index (κ3) is 6.85. The van der Waals surface area contributed by atoms with Crippen molar-refractivity contribution in [2.75, 3.05) is 7.05 Å². The Kier molecular flexibility index (Phi) is 8.37. The molecule has 1 aromatic heterocycles. The molecule has 0 saturated heterocycles. The Morgan fingerprint density at radius 1 is 1.18 bits per heavy atom. The second-order valence-electron chi connectivity index (χ2n) is 4.88. The molecule has 0 aliphatic rings. The lowest BCUT2D eigenvalue weighted by Gasteiger charge is -2.15. The van der Waals surface area contributed by atoms with Crippen LogP contribution in [0.4, 0.5) is 0 Å². The molecule has 1 heterocycles. The topological polar surface area (TPSA) is 12.0 Å². The molecule has 0 aliphatic carbocycles. The maximum Gasteiger partial charge on any atom is 0.0105 e. The molecule has 0 aromatic carbocycles. The van der Waals surface area contributed by atoms with Crippen molar-refractivity contribution in [1.82, 2.24) is 5.32 Å². The van der Waals surface area contributed by atoms with Gasteiger partial charge in [-0.1, -0.05) is 45.4 Å².